The van der Waals surface area contributed by atoms with E-state index in [0.29, 0.717) is 6.54 Å². The summed E-state index contributed by atoms with van der Waals surface area (Å²) in [6, 6.07) is 9.90. The number of hydrogen-bond donors (Lipinski definition) is 1. The number of nitrogens with one attached hydrogen (secondary N) is 1. The second-order valence-corrected chi connectivity index (χ2v) is 5.58. The van der Waals surface area contributed by atoms with Gasteiger partial charge >= 0.3 is 5.69 Å². The van der Waals surface area contributed by atoms with Gasteiger partial charge in [-0.3, -0.25) is 10.1 Å². The molecule has 0 spiro atoms. The number of benzene rings is 1. The first-order valence-corrected chi connectivity index (χ1v) is 6.74. The first kappa shape index (κ1) is 15.2. The van der Waals surface area contributed by atoms with Gasteiger partial charge in [0, 0.05) is 12.0 Å². The summed E-state index contributed by atoms with van der Waals surface area (Å²) in [5.74, 6) is 0.129. The molecular formula is C14H15ClN4O2. The average molecular weight is 307 g/mol. The SMILES string of the molecule is CC(C)(CNc1ncnc(Cl)c1[N+](=O)[O-])c1ccccc1. The molecule has 0 fully saturated rings. The average Bonchev–Trinajstić information content (AvgIpc) is 2.46. The highest BCUT2D eigenvalue weighted by Gasteiger charge is 2.25. The minimum atomic E-state index is -0.583. The van der Waals surface area contributed by atoms with Gasteiger partial charge < -0.3 is 5.32 Å². The summed E-state index contributed by atoms with van der Waals surface area (Å²) in [5, 5.41) is 13.9. The molecule has 110 valence electrons. The number of halogens is 1. The summed E-state index contributed by atoms with van der Waals surface area (Å²) in [7, 11) is 0. The first-order chi connectivity index (χ1) is 9.92. The molecule has 21 heavy (non-hydrogen) atoms. The van der Waals surface area contributed by atoms with Crippen LogP contribution in [0.2, 0.25) is 5.15 Å². The van der Waals surface area contributed by atoms with E-state index in [9.17, 15) is 10.1 Å². The zero-order valence-corrected chi connectivity index (χ0v) is 12.5. The molecule has 1 N–H and O–H groups in total. The van der Waals surface area contributed by atoms with Crippen LogP contribution in [0.25, 0.3) is 0 Å². The van der Waals surface area contributed by atoms with Gasteiger partial charge in [0.1, 0.15) is 6.33 Å². The quantitative estimate of drug-likeness (QED) is 0.520. The van der Waals surface area contributed by atoms with Gasteiger partial charge in [0.2, 0.25) is 11.0 Å². The van der Waals surface area contributed by atoms with Crippen molar-refractivity contribution in [2.24, 2.45) is 0 Å². The number of aromatic nitrogens is 2. The van der Waals surface area contributed by atoms with E-state index in [4.69, 9.17) is 11.6 Å². The molecule has 0 aliphatic rings. The molecule has 0 aliphatic heterocycles. The largest absolute Gasteiger partial charge is 0.363 e. The fourth-order valence-electron chi connectivity index (χ4n) is 1.94. The van der Waals surface area contributed by atoms with Crippen LogP contribution >= 0.6 is 11.6 Å². The van der Waals surface area contributed by atoms with E-state index in [-0.39, 0.29) is 22.1 Å². The molecular weight excluding hydrogens is 292 g/mol. The zero-order valence-electron chi connectivity index (χ0n) is 11.7. The van der Waals surface area contributed by atoms with Crippen LogP contribution in [0.1, 0.15) is 19.4 Å². The number of nitrogens with zero attached hydrogens (tertiary/aromatic N) is 3. The summed E-state index contributed by atoms with van der Waals surface area (Å²) in [5.41, 5.74) is 0.607. The van der Waals surface area contributed by atoms with Gasteiger partial charge in [-0.15, -0.1) is 0 Å². The summed E-state index contributed by atoms with van der Waals surface area (Å²) in [4.78, 5) is 18.0. The van der Waals surface area contributed by atoms with E-state index in [1.54, 1.807) is 0 Å². The molecule has 1 aromatic carbocycles. The maximum atomic E-state index is 11.0. The third-order valence-corrected chi connectivity index (χ3v) is 3.49. The predicted octanol–water partition coefficient (Wildman–Crippen LogP) is 3.43. The highest BCUT2D eigenvalue weighted by molar-refractivity contribution is 6.31. The van der Waals surface area contributed by atoms with Crippen molar-refractivity contribution in [2.75, 3.05) is 11.9 Å². The molecule has 0 bridgehead atoms. The van der Waals surface area contributed by atoms with Crippen molar-refractivity contribution in [1.29, 1.82) is 0 Å². The molecule has 6 nitrogen and oxygen atoms in total. The third-order valence-electron chi connectivity index (χ3n) is 3.21. The summed E-state index contributed by atoms with van der Waals surface area (Å²) in [6.07, 6.45) is 1.20. The molecule has 0 aliphatic carbocycles. The number of nitro groups is 1. The third kappa shape index (κ3) is 3.46. The van der Waals surface area contributed by atoms with Crippen molar-refractivity contribution in [3.05, 3.63) is 57.5 Å². The lowest BCUT2D eigenvalue weighted by molar-refractivity contribution is -0.384. The number of anilines is 1. The van der Waals surface area contributed by atoms with Crippen LogP contribution in [-0.4, -0.2) is 21.4 Å². The highest BCUT2D eigenvalue weighted by atomic mass is 35.5. The Kier molecular flexibility index (Phi) is 4.37. The van der Waals surface area contributed by atoms with Gasteiger partial charge in [0.05, 0.1) is 4.92 Å². The molecule has 0 amide bonds. The Bertz CT molecular complexity index is 647. The number of rotatable bonds is 5. The van der Waals surface area contributed by atoms with Crippen LogP contribution in [0.3, 0.4) is 0 Å². The lowest BCUT2D eigenvalue weighted by Gasteiger charge is -2.25. The standard InChI is InChI=1S/C14H15ClN4O2/c1-14(2,10-6-4-3-5-7-10)8-16-13-11(19(20)21)12(15)17-9-18-13/h3-7,9H,8H2,1-2H3,(H,16,17,18). The van der Waals surface area contributed by atoms with Crippen molar-refractivity contribution in [2.45, 2.75) is 19.3 Å². The summed E-state index contributed by atoms with van der Waals surface area (Å²) in [6.45, 7) is 4.57. The van der Waals surface area contributed by atoms with E-state index in [0.717, 1.165) is 5.56 Å². The second-order valence-electron chi connectivity index (χ2n) is 5.22. The molecule has 0 unspecified atom stereocenters. The molecule has 7 heteroatoms. The Morgan fingerprint density at radius 2 is 1.95 bits per heavy atom. The maximum absolute atomic E-state index is 11.0. The summed E-state index contributed by atoms with van der Waals surface area (Å²) < 4.78 is 0. The van der Waals surface area contributed by atoms with Gasteiger partial charge in [-0.05, 0) is 5.56 Å². The molecule has 0 radical (unpaired) electrons. The fourth-order valence-corrected chi connectivity index (χ4v) is 2.15. The van der Waals surface area contributed by atoms with E-state index >= 15 is 0 Å². The Morgan fingerprint density at radius 3 is 2.57 bits per heavy atom. The molecule has 0 saturated heterocycles. The van der Waals surface area contributed by atoms with Gasteiger partial charge in [-0.2, -0.15) is 0 Å². The van der Waals surface area contributed by atoms with Gasteiger partial charge in [-0.25, -0.2) is 9.97 Å². The normalized spacial score (nSPS) is 11.2. The lowest BCUT2D eigenvalue weighted by Crippen LogP contribution is -2.28. The topological polar surface area (TPSA) is 81.0 Å². The van der Waals surface area contributed by atoms with Crippen LogP contribution in [0, 0.1) is 10.1 Å². The lowest BCUT2D eigenvalue weighted by atomic mass is 9.84. The van der Waals surface area contributed by atoms with Crippen molar-refractivity contribution in [1.82, 2.24) is 9.97 Å². The smallest absolute Gasteiger partial charge is 0.348 e. The molecule has 0 saturated carbocycles. The summed E-state index contributed by atoms with van der Waals surface area (Å²) >= 11 is 5.76. The zero-order chi connectivity index (χ0) is 15.5. The van der Waals surface area contributed by atoms with Crippen LogP contribution < -0.4 is 5.32 Å². The Hall–Kier alpha value is -2.21. The van der Waals surface area contributed by atoms with E-state index in [2.05, 4.69) is 15.3 Å². The van der Waals surface area contributed by atoms with E-state index in [1.165, 1.54) is 6.33 Å². The van der Waals surface area contributed by atoms with Gasteiger partial charge in [-0.1, -0.05) is 55.8 Å². The fraction of sp³-hybridized carbons (Fsp3) is 0.286. The number of hydrogen-bond acceptors (Lipinski definition) is 5. The molecule has 0 atom stereocenters. The second kappa shape index (κ2) is 6.05. The molecule has 2 aromatic rings. The van der Waals surface area contributed by atoms with Crippen LogP contribution in [0.4, 0.5) is 11.5 Å². The minimum Gasteiger partial charge on any atom is -0.363 e. The molecule has 1 aromatic heterocycles. The van der Waals surface area contributed by atoms with Gasteiger partial charge in [0.25, 0.3) is 0 Å². The first-order valence-electron chi connectivity index (χ1n) is 6.36. The Balaban J connectivity index is 2.21. The van der Waals surface area contributed by atoms with Crippen LogP contribution in [0.15, 0.2) is 36.7 Å². The van der Waals surface area contributed by atoms with Crippen molar-refractivity contribution in [3.63, 3.8) is 0 Å². The molecule has 2 rings (SSSR count). The van der Waals surface area contributed by atoms with Crippen LogP contribution in [0.5, 0.6) is 0 Å². The predicted molar refractivity (Wildman–Crippen MR) is 81.7 cm³/mol. The van der Waals surface area contributed by atoms with Crippen molar-refractivity contribution in [3.8, 4) is 0 Å². The Labute approximate surface area is 127 Å². The highest BCUT2D eigenvalue weighted by Crippen LogP contribution is 2.30. The minimum absolute atomic E-state index is 0.129. The van der Waals surface area contributed by atoms with E-state index in [1.807, 2.05) is 44.2 Å². The maximum Gasteiger partial charge on any atom is 0.348 e. The monoisotopic (exact) mass is 306 g/mol. The van der Waals surface area contributed by atoms with Gasteiger partial charge in [0.15, 0.2) is 0 Å². The van der Waals surface area contributed by atoms with Crippen molar-refractivity contribution >= 4 is 23.1 Å². The molecule has 1 heterocycles. The van der Waals surface area contributed by atoms with E-state index < -0.39 is 4.92 Å². The Morgan fingerprint density at radius 1 is 1.29 bits per heavy atom. The van der Waals surface area contributed by atoms with Crippen molar-refractivity contribution < 1.29 is 4.92 Å². The van der Waals surface area contributed by atoms with Crippen LogP contribution in [-0.2, 0) is 5.41 Å².